The van der Waals surface area contributed by atoms with Crippen LogP contribution in [0.2, 0.25) is 0 Å². The lowest BCUT2D eigenvalue weighted by Gasteiger charge is -2.25. The van der Waals surface area contributed by atoms with Crippen LogP contribution >= 0.6 is 11.3 Å². The van der Waals surface area contributed by atoms with Crippen LogP contribution in [0, 0.1) is 5.92 Å². The highest BCUT2D eigenvalue weighted by atomic mass is 32.2. The average molecular weight is 589 g/mol. The lowest BCUT2D eigenvalue weighted by atomic mass is 9.94. The number of amides is 1. The highest BCUT2D eigenvalue weighted by Crippen LogP contribution is 2.27. The van der Waals surface area contributed by atoms with E-state index in [1.165, 1.54) is 20.3 Å². The van der Waals surface area contributed by atoms with Gasteiger partial charge in [0.1, 0.15) is 5.69 Å². The van der Waals surface area contributed by atoms with Crippen LogP contribution in [0.3, 0.4) is 0 Å². The molecule has 5 rings (SSSR count). The van der Waals surface area contributed by atoms with Crippen molar-refractivity contribution in [2.24, 2.45) is 5.92 Å². The fraction of sp³-hybridized carbons (Fsp3) is 0.440. The molecule has 0 radical (unpaired) electrons. The molecule has 4 heterocycles. The number of nitrogens with zero attached hydrogens (tertiary/aromatic N) is 5. The molecule has 0 bridgehead atoms. The Balaban J connectivity index is 1.20. The number of Topliss-reactive ketones (excluding diaryl/α,β-unsaturated/α-hetero) is 1. The van der Waals surface area contributed by atoms with E-state index in [9.17, 15) is 22.8 Å². The Morgan fingerprint density at radius 2 is 1.85 bits per heavy atom. The molecule has 40 heavy (non-hydrogen) atoms. The van der Waals surface area contributed by atoms with Crippen LogP contribution in [0.4, 0.5) is 0 Å². The Hall–Kier alpha value is -3.53. The van der Waals surface area contributed by atoms with Gasteiger partial charge in [-0.25, -0.2) is 22.9 Å². The first kappa shape index (κ1) is 28.0. The van der Waals surface area contributed by atoms with E-state index in [4.69, 9.17) is 9.84 Å². The maximum absolute atomic E-state index is 13.0. The summed E-state index contributed by atoms with van der Waals surface area (Å²) in [5.41, 5.74) is 3.34. The zero-order valence-corrected chi connectivity index (χ0v) is 23.0. The number of benzene rings is 1. The zero-order chi connectivity index (χ0) is 28.3. The van der Waals surface area contributed by atoms with Gasteiger partial charge in [0, 0.05) is 31.3 Å². The number of rotatable bonds is 12. The molecular formula is C25H28N6O7S2. The highest BCUT2D eigenvalue weighted by molar-refractivity contribution is 7.89. The van der Waals surface area contributed by atoms with E-state index >= 15 is 0 Å². The summed E-state index contributed by atoms with van der Waals surface area (Å²) in [7, 11) is -3.54. The van der Waals surface area contributed by atoms with Crippen molar-refractivity contribution in [2.45, 2.75) is 55.8 Å². The fourth-order valence-corrected chi connectivity index (χ4v) is 6.69. The Kier molecular flexibility index (Phi) is 8.35. The van der Waals surface area contributed by atoms with Crippen LogP contribution in [0.1, 0.15) is 37.1 Å². The average Bonchev–Trinajstić information content (AvgIpc) is 3.35. The molecule has 3 atom stereocenters. The van der Waals surface area contributed by atoms with Gasteiger partial charge in [-0.05, 0) is 37.1 Å². The molecule has 212 valence electrons. The summed E-state index contributed by atoms with van der Waals surface area (Å²) in [6.07, 6.45) is 2.20. The van der Waals surface area contributed by atoms with Gasteiger partial charge in [0.2, 0.25) is 15.9 Å². The number of carbonyl (C=O) groups is 3. The minimum absolute atomic E-state index is 0.0414. The number of hydrogen-bond donors (Lipinski definition) is 2. The molecule has 1 aromatic carbocycles. The van der Waals surface area contributed by atoms with E-state index in [2.05, 4.69) is 20.6 Å². The molecule has 3 aromatic rings. The van der Waals surface area contributed by atoms with Gasteiger partial charge in [-0.15, -0.1) is 16.4 Å². The third-order valence-corrected chi connectivity index (χ3v) is 9.40. The van der Waals surface area contributed by atoms with Gasteiger partial charge in [-0.3, -0.25) is 9.59 Å². The van der Waals surface area contributed by atoms with Crippen molar-refractivity contribution >= 4 is 39.0 Å². The van der Waals surface area contributed by atoms with Crippen molar-refractivity contribution in [1.29, 1.82) is 0 Å². The van der Waals surface area contributed by atoms with E-state index in [1.807, 2.05) is 0 Å². The molecule has 2 fully saturated rings. The number of thiazole rings is 1. The monoisotopic (exact) mass is 588 g/mol. The Morgan fingerprint density at radius 1 is 1.10 bits per heavy atom. The predicted octanol–water partition coefficient (Wildman–Crippen LogP) is 1.18. The second kappa shape index (κ2) is 11.9. The number of sulfonamides is 1. The van der Waals surface area contributed by atoms with Gasteiger partial charge < -0.3 is 15.2 Å². The van der Waals surface area contributed by atoms with Crippen LogP contribution in [-0.4, -0.2) is 80.8 Å². The SMILES string of the molecule is O=C(NCc1cn(-c2ccc(S(=O)(=O)N3CCCCC3)cc2)nn1)[C@@H](CC(=O)[C@H]1O[C@@H]1C(=O)O)Cc1cscn1. The summed E-state index contributed by atoms with van der Waals surface area (Å²) in [4.78, 5) is 41.0. The quantitative estimate of drug-likeness (QED) is 0.292. The maximum Gasteiger partial charge on any atom is 0.336 e. The topological polar surface area (TPSA) is 177 Å². The fourth-order valence-electron chi connectivity index (χ4n) is 4.61. The normalized spacial score (nSPS) is 20.1. The molecule has 2 aliphatic rings. The largest absolute Gasteiger partial charge is 0.479 e. The van der Waals surface area contributed by atoms with Gasteiger partial charge in [0.05, 0.1) is 40.4 Å². The number of ether oxygens (including phenoxy) is 1. The van der Waals surface area contributed by atoms with E-state index in [0.29, 0.717) is 30.2 Å². The van der Waals surface area contributed by atoms with Crippen molar-refractivity contribution in [3.8, 4) is 5.69 Å². The van der Waals surface area contributed by atoms with Gasteiger partial charge in [-0.2, -0.15) is 4.31 Å². The van der Waals surface area contributed by atoms with Crippen molar-refractivity contribution < 1.29 is 32.6 Å². The summed E-state index contributed by atoms with van der Waals surface area (Å²) in [5, 5.41) is 21.7. The van der Waals surface area contributed by atoms with E-state index in [0.717, 1.165) is 19.3 Å². The maximum atomic E-state index is 13.0. The first-order chi connectivity index (χ1) is 19.2. The lowest BCUT2D eigenvalue weighted by Crippen LogP contribution is -2.35. The van der Waals surface area contributed by atoms with Gasteiger partial charge in [0.15, 0.2) is 18.0 Å². The molecule has 2 N–H and O–H groups in total. The number of piperidine rings is 1. The number of carboxylic acid groups (broad SMARTS) is 1. The molecule has 13 nitrogen and oxygen atoms in total. The Bertz CT molecular complexity index is 1470. The smallest absolute Gasteiger partial charge is 0.336 e. The van der Waals surface area contributed by atoms with Crippen LogP contribution < -0.4 is 5.32 Å². The molecule has 0 saturated carbocycles. The third-order valence-electron chi connectivity index (χ3n) is 6.85. The van der Waals surface area contributed by atoms with Crippen molar-refractivity contribution in [3.05, 3.63) is 52.7 Å². The first-order valence-electron chi connectivity index (χ1n) is 12.8. The molecule has 0 aliphatic carbocycles. The van der Waals surface area contributed by atoms with Gasteiger partial charge in [0.25, 0.3) is 0 Å². The summed E-state index contributed by atoms with van der Waals surface area (Å²) in [6, 6.07) is 6.38. The van der Waals surface area contributed by atoms with E-state index < -0.39 is 45.8 Å². The van der Waals surface area contributed by atoms with Crippen LogP contribution in [0.25, 0.3) is 5.69 Å². The number of epoxide rings is 1. The van der Waals surface area contributed by atoms with Crippen LogP contribution in [0.5, 0.6) is 0 Å². The lowest BCUT2D eigenvalue weighted by molar-refractivity contribution is -0.138. The van der Waals surface area contributed by atoms with Gasteiger partial charge in [-0.1, -0.05) is 11.6 Å². The number of hydrogen-bond acceptors (Lipinski definition) is 10. The summed E-state index contributed by atoms with van der Waals surface area (Å²) in [6.45, 7) is 1.09. The van der Waals surface area contributed by atoms with Crippen molar-refractivity contribution in [2.75, 3.05) is 13.1 Å². The number of ketones is 1. The predicted molar refractivity (Wildman–Crippen MR) is 141 cm³/mol. The third kappa shape index (κ3) is 6.43. The van der Waals surface area contributed by atoms with Crippen molar-refractivity contribution in [3.63, 3.8) is 0 Å². The molecular weight excluding hydrogens is 560 g/mol. The highest BCUT2D eigenvalue weighted by Gasteiger charge is 2.50. The summed E-state index contributed by atoms with van der Waals surface area (Å²) < 4.78 is 33.7. The number of aliphatic carboxylic acids is 1. The Labute approximate surface area is 234 Å². The van der Waals surface area contributed by atoms with E-state index in [1.54, 1.807) is 41.4 Å². The molecule has 15 heteroatoms. The number of carbonyl (C=O) groups excluding carboxylic acids is 2. The van der Waals surface area contributed by atoms with Crippen LogP contribution in [0.15, 0.2) is 46.2 Å². The van der Waals surface area contributed by atoms with Crippen LogP contribution in [-0.2, 0) is 42.1 Å². The second-order valence-corrected chi connectivity index (χ2v) is 12.4. The second-order valence-electron chi connectivity index (χ2n) is 9.70. The number of aromatic nitrogens is 4. The molecule has 2 aliphatic heterocycles. The molecule has 1 amide bonds. The summed E-state index contributed by atoms with van der Waals surface area (Å²) >= 11 is 1.37. The summed E-state index contributed by atoms with van der Waals surface area (Å²) in [5.74, 6) is -2.83. The number of carboxylic acids is 1. The number of nitrogens with one attached hydrogen (secondary N) is 1. The zero-order valence-electron chi connectivity index (χ0n) is 21.4. The minimum atomic E-state index is -3.54. The van der Waals surface area contributed by atoms with Gasteiger partial charge >= 0.3 is 5.97 Å². The molecule has 2 aromatic heterocycles. The minimum Gasteiger partial charge on any atom is -0.479 e. The standard InChI is InChI=1S/C25H28N6O7S2/c32-21(22-23(38-22)25(34)35)11-16(10-17-14-39-15-27-17)24(33)26-12-18-13-31(29-28-18)19-4-6-20(7-5-19)40(36,37)30-8-2-1-3-9-30/h4-7,13-16,22-23H,1-3,8-12H2,(H,26,33)(H,34,35)/t16-,22-,23+/m1/s1. The van der Waals surface area contributed by atoms with E-state index in [-0.39, 0.29) is 24.3 Å². The Morgan fingerprint density at radius 3 is 2.50 bits per heavy atom. The molecule has 2 saturated heterocycles. The molecule has 0 spiro atoms. The van der Waals surface area contributed by atoms with Crippen molar-refractivity contribution in [1.82, 2.24) is 29.6 Å². The molecule has 0 unspecified atom stereocenters. The first-order valence-corrected chi connectivity index (χ1v) is 15.2.